The summed E-state index contributed by atoms with van der Waals surface area (Å²) in [5.74, 6) is 0.0859. The molecule has 0 saturated carbocycles. The first-order valence-corrected chi connectivity index (χ1v) is 9.94. The van der Waals surface area contributed by atoms with Gasteiger partial charge in [-0.05, 0) is 60.1 Å². The van der Waals surface area contributed by atoms with Gasteiger partial charge < -0.3 is 4.90 Å². The van der Waals surface area contributed by atoms with Crippen molar-refractivity contribution in [3.8, 4) is 0 Å². The molecule has 2 heterocycles. The number of benzene rings is 2. The van der Waals surface area contributed by atoms with E-state index in [2.05, 4.69) is 69.6 Å². The number of amides is 1. The standard InChI is InChI=1S/C19H18BrNOS/c1-23-14-7-4-12(5-8-14)18-16-11-13(20)6-9-15(16)17-3-2-10-21(17)19(18)22/h4-9,11,17-18H,2-3,10H2,1H3/t17-,18-/m0/s1. The summed E-state index contributed by atoms with van der Waals surface area (Å²) in [6.45, 7) is 0.887. The smallest absolute Gasteiger partial charge is 0.235 e. The summed E-state index contributed by atoms with van der Waals surface area (Å²) in [5, 5.41) is 0. The molecule has 0 aliphatic carbocycles. The molecule has 0 aromatic heterocycles. The van der Waals surface area contributed by atoms with Crippen molar-refractivity contribution in [3.63, 3.8) is 0 Å². The molecule has 0 spiro atoms. The Morgan fingerprint density at radius 1 is 1.13 bits per heavy atom. The van der Waals surface area contributed by atoms with Gasteiger partial charge in [0, 0.05) is 15.9 Å². The Labute approximate surface area is 149 Å². The second kappa shape index (κ2) is 5.99. The van der Waals surface area contributed by atoms with Gasteiger partial charge in [-0.3, -0.25) is 4.79 Å². The van der Waals surface area contributed by atoms with E-state index < -0.39 is 0 Å². The summed E-state index contributed by atoms with van der Waals surface area (Å²) in [6, 6.07) is 15.1. The van der Waals surface area contributed by atoms with Gasteiger partial charge in [0.15, 0.2) is 0 Å². The molecule has 2 atom stereocenters. The summed E-state index contributed by atoms with van der Waals surface area (Å²) < 4.78 is 1.04. The predicted molar refractivity (Wildman–Crippen MR) is 97.9 cm³/mol. The number of thioether (sulfide) groups is 1. The maximum atomic E-state index is 13.1. The highest BCUT2D eigenvalue weighted by atomic mass is 79.9. The molecule has 2 aliphatic rings. The van der Waals surface area contributed by atoms with E-state index in [1.165, 1.54) is 16.0 Å². The zero-order valence-corrected chi connectivity index (χ0v) is 15.4. The van der Waals surface area contributed by atoms with Gasteiger partial charge in [-0.25, -0.2) is 0 Å². The van der Waals surface area contributed by atoms with Crippen LogP contribution < -0.4 is 0 Å². The Balaban J connectivity index is 1.86. The van der Waals surface area contributed by atoms with Crippen LogP contribution in [0, 0.1) is 0 Å². The van der Waals surface area contributed by atoms with Gasteiger partial charge in [-0.2, -0.15) is 0 Å². The molecule has 2 nitrogen and oxygen atoms in total. The summed E-state index contributed by atoms with van der Waals surface area (Å²) in [4.78, 5) is 16.5. The maximum Gasteiger partial charge on any atom is 0.235 e. The highest BCUT2D eigenvalue weighted by Crippen LogP contribution is 2.45. The SMILES string of the molecule is CSc1ccc([C@@H]2C(=O)N3CCC[C@H]3c3ccc(Br)cc32)cc1. The quantitative estimate of drug-likeness (QED) is 0.677. The Morgan fingerprint density at radius 2 is 1.91 bits per heavy atom. The van der Waals surface area contributed by atoms with Crippen molar-refractivity contribution in [2.45, 2.75) is 29.7 Å². The number of hydrogen-bond acceptors (Lipinski definition) is 2. The summed E-state index contributed by atoms with van der Waals surface area (Å²) in [5.41, 5.74) is 3.59. The van der Waals surface area contributed by atoms with Crippen LogP contribution in [0.3, 0.4) is 0 Å². The first-order chi connectivity index (χ1) is 11.2. The first-order valence-electron chi connectivity index (χ1n) is 7.93. The lowest BCUT2D eigenvalue weighted by Crippen LogP contribution is -2.40. The molecular weight excluding hydrogens is 370 g/mol. The molecule has 0 radical (unpaired) electrons. The second-order valence-electron chi connectivity index (χ2n) is 6.17. The normalized spacial score (nSPS) is 22.9. The van der Waals surface area contributed by atoms with E-state index >= 15 is 0 Å². The molecule has 2 aromatic rings. The van der Waals surface area contributed by atoms with Crippen molar-refractivity contribution in [2.24, 2.45) is 0 Å². The van der Waals surface area contributed by atoms with E-state index in [9.17, 15) is 4.79 Å². The lowest BCUT2D eigenvalue weighted by Gasteiger charge is -2.37. The highest BCUT2D eigenvalue weighted by molar-refractivity contribution is 9.10. The van der Waals surface area contributed by atoms with Gasteiger partial charge >= 0.3 is 0 Å². The predicted octanol–water partition coefficient (Wildman–Crippen LogP) is 4.98. The Morgan fingerprint density at radius 3 is 2.65 bits per heavy atom. The zero-order chi connectivity index (χ0) is 16.0. The largest absolute Gasteiger partial charge is 0.335 e. The van der Waals surface area contributed by atoms with Crippen molar-refractivity contribution >= 4 is 33.6 Å². The molecule has 4 heteroatoms. The van der Waals surface area contributed by atoms with Crippen LogP contribution in [0.15, 0.2) is 51.8 Å². The minimum atomic E-state index is -0.173. The summed E-state index contributed by atoms with van der Waals surface area (Å²) in [7, 11) is 0. The van der Waals surface area contributed by atoms with Gasteiger partial charge in [0.05, 0.1) is 12.0 Å². The van der Waals surface area contributed by atoms with Crippen LogP contribution in [0.25, 0.3) is 0 Å². The van der Waals surface area contributed by atoms with E-state index in [4.69, 9.17) is 0 Å². The number of hydrogen-bond donors (Lipinski definition) is 0. The third kappa shape index (κ3) is 2.52. The van der Waals surface area contributed by atoms with E-state index in [0.29, 0.717) is 0 Å². The average Bonchev–Trinajstić information content (AvgIpc) is 3.05. The number of nitrogens with zero attached hydrogens (tertiary/aromatic N) is 1. The van der Waals surface area contributed by atoms with Gasteiger partial charge in [0.2, 0.25) is 5.91 Å². The van der Waals surface area contributed by atoms with Crippen molar-refractivity contribution in [2.75, 3.05) is 12.8 Å². The van der Waals surface area contributed by atoms with Gasteiger partial charge in [0.25, 0.3) is 0 Å². The first kappa shape index (κ1) is 15.3. The van der Waals surface area contributed by atoms with Crippen LogP contribution in [0.1, 0.15) is 41.5 Å². The lowest BCUT2D eigenvalue weighted by atomic mass is 9.81. The fourth-order valence-corrected chi connectivity index (χ4v) is 4.66. The molecule has 1 amide bonds. The van der Waals surface area contributed by atoms with Crippen LogP contribution in [-0.4, -0.2) is 23.6 Å². The average molecular weight is 388 g/mol. The molecule has 118 valence electrons. The molecule has 0 N–H and O–H groups in total. The molecule has 23 heavy (non-hydrogen) atoms. The van der Waals surface area contributed by atoms with E-state index in [0.717, 1.165) is 29.4 Å². The third-order valence-corrected chi connectivity index (χ3v) is 6.19. The molecular formula is C19H18BrNOS. The summed E-state index contributed by atoms with van der Waals surface area (Å²) >= 11 is 5.30. The second-order valence-corrected chi connectivity index (χ2v) is 7.96. The zero-order valence-electron chi connectivity index (χ0n) is 13.0. The van der Waals surface area contributed by atoms with E-state index in [1.54, 1.807) is 11.8 Å². The number of halogens is 1. The van der Waals surface area contributed by atoms with Crippen LogP contribution in [0.5, 0.6) is 0 Å². The van der Waals surface area contributed by atoms with E-state index in [1.807, 2.05) is 0 Å². The van der Waals surface area contributed by atoms with Crippen molar-refractivity contribution in [3.05, 3.63) is 63.6 Å². The Bertz CT molecular complexity index is 758. The molecule has 1 saturated heterocycles. The van der Waals surface area contributed by atoms with Crippen molar-refractivity contribution in [1.29, 1.82) is 0 Å². The minimum Gasteiger partial charge on any atom is -0.335 e. The third-order valence-electron chi connectivity index (χ3n) is 4.95. The van der Waals surface area contributed by atoms with Crippen LogP contribution in [-0.2, 0) is 4.79 Å². The van der Waals surface area contributed by atoms with Gasteiger partial charge in [-0.15, -0.1) is 11.8 Å². The fraction of sp³-hybridized carbons (Fsp3) is 0.316. The topological polar surface area (TPSA) is 20.3 Å². The minimum absolute atomic E-state index is 0.173. The molecule has 2 aromatic carbocycles. The van der Waals surface area contributed by atoms with Crippen LogP contribution >= 0.6 is 27.7 Å². The number of carbonyl (C=O) groups excluding carboxylic acids is 1. The number of rotatable bonds is 2. The Hall–Kier alpha value is -1.26. The van der Waals surface area contributed by atoms with Gasteiger partial charge in [0.1, 0.15) is 0 Å². The Kier molecular flexibility index (Phi) is 3.98. The maximum absolute atomic E-state index is 13.1. The fourth-order valence-electron chi connectivity index (χ4n) is 3.87. The molecule has 0 unspecified atom stereocenters. The van der Waals surface area contributed by atoms with Crippen LogP contribution in [0.4, 0.5) is 0 Å². The summed E-state index contributed by atoms with van der Waals surface area (Å²) in [6.07, 6.45) is 4.25. The monoisotopic (exact) mass is 387 g/mol. The molecule has 1 fully saturated rings. The molecule has 2 aliphatic heterocycles. The van der Waals surface area contributed by atoms with Crippen molar-refractivity contribution in [1.82, 2.24) is 4.90 Å². The van der Waals surface area contributed by atoms with Crippen LogP contribution in [0.2, 0.25) is 0 Å². The molecule has 0 bridgehead atoms. The highest BCUT2D eigenvalue weighted by Gasteiger charge is 2.42. The number of fused-ring (bicyclic) bond motifs is 3. The van der Waals surface area contributed by atoms with Crippen molar-refractivity contribution < 1.29 is 4.79 Å². The lowest BCUT2D eigenvalue weighted by molar-refractivity contribution is -0.133. The molecule has 4 rings (SSSR count). The van der Waals surface area contributed by atoms with E-state index in [-0.39, 0.29) is 17.9 Å². The van der Waals surface area contributed by atoms with Gasteiger partial charge in [-0.1, -0.05) is 34.1 Å². The number of carbonyl (C=O) groups is 1.